The lowest BCUT2D eigenvalue weighted by Gasteiger charge is -2.19. The fraction of sp³-hybridized carbons (Fsp3) is 0.0270. The van der Waals surface area contributed by atoms with Gasteiger partial charge in [-0.25, -0.2) is 0 Å². The molecule has 0 radical (unpaired) electrons. The van der Waals surface area contributed by atoms with E-state index in [9.17, 15) is 0 Å². The zero-order chi connectivity index (χ0) is 26.2. The van der Waals surface area contributed by atoms with Gasteiger partial charge in [0.1, 0.15) is 0 Å². The van der Waals surface area contributed by atoms with E-state index in [-0.39, 0.29) is 0 Å². The summed E-state index contributed by atoms with van der Waals surface area (Å²) in [6.45, 7) is 2.17. The first-order valence-electron chi connectivity index (χ1n) is 13.2. The minimum Gasteiger partial charge on any atom is -0.256 e. The number of pyridine rings is 2. The number of aromatic nitrogens is 2. The van der Waals surface area contributed by atoms with Crippen molar-refractivity contribution >= 4 is 21.5 Å². The van der Waals surface area contributed by atoms with E-state index >= 15 is 0 Å². The third-order valence-corrected chi connectivity index (χ3v) is 7.40. The Kier molecular flexibility index (Phi) is 5.71. The van der Waals surface area contributed by atoms with Crippen LogP contribution in [0.4, 0.5) is 0 Å². The van der Waals surface area contributed by atoms with Crippen molar-refractivity contribution < 1.29 is 0 Å². The molecule has 0 aliphatic rings. The molecule has 0 atom stereocenters. The molecular weight excluding hydrogens is 472 g/mol. The van der Waals surface area contributed by atoms with Gasteiger partial charge in [-0.2, -0.15) is 0 Å². The van der Waals surface area contributed by atoms with Crippen LogP contribution in [0.2, 0.25) is 0 Å². The summed E-state index contributed by atoms with van der Waals surface area (Å²) in [5.41, 5.74) is 10.3. The number of nitrogens with zero attached hydrogens (tertiary/aromatic N) is 2. The molecule has 0 unspecified atom stereocenters. The average Bonchev–Trinajstić information content (AvgIpc) is 3.01. The molecule has 184 valence electrons. The Bertz CT molecular complexity index is 1960. The van der Waals surface area contributed by atoms with Gasteiger partial charge in [-0.1, -0.05) is 96.6 Å². The summed E-state index contributed by atoms with van der Waals surface area (Å²) in [6.07, 6.45) is 3.70. The summed E-state index contributed by atoms with van der Waals surface area (Å²) in [4.78, 5) is 9.21. The van der Waals surface area contributed by atoms with Gasteiger partial charge in [0.25, 0.3) is 0 Å². The van der Waals surface area contributed by atoms with Gasteiger partial charge in [-0.15, -0.1) is 0 Å². The number of fused-ring (bicyclic) bond motifs is 2. The molecule has 5 aromatic carbocycles. The second kappa shape index (κ2) is 9.66. The second-order valence-corrected chi connectivity index (χ2v) is 9.94. The molecule has 7 aromatic rings. The van der Waals surface area contributed by atoms with Gasteiger partial charge in [0.15, 0.2) is 0 Å². The van der Waals surface area contributed by atoms with E-state index in [1.54, 1.807) is 0 Å². The molecule has 2 aromatic heterocycles. The quantitative estimate of drug-likeness (QED) is 0.226. The number of aryl methyl sites for hydroxylation is 1. The topological polar surface area (TPSA) is 25.8 Å². The summed E-state index contributed by atoms with van der Waals surface area (Å²) < 4.78 is 0. The molecule has 2 nitrogen and oxygen atoms in total. The van der Waals surface area contributed by atoms with E-state index in [0.29, 0.717) is 0 Å². The Labute approximate surface area is 228 Å². The lowest BCUT2D eigenvalue weighted by molar-refractivity contribution is 1.33. The zero-order valence-electron chi connectivity index (χ0n) is 21.7. The van der Waals surface area contributed by atoms with Crippen LogP contribution < -0.4 is 0 Å². The van der Waals surface area contributed by atoms with Gasteiger partial charge in [0.2, 0.25) is 0 Å². The maximum absolute atomic E-state index is 4.60. The zero-order valence-corrected chi connectivity index (χ0v) is 21.7. The fourth-order valence-electron chi connectivity index (χ4n) is 5.65. The van der Waals surface area contributed by atoms with Crippen LogP contribution in [0.3, 0.4) is 0 Å². The first-order chi connectivity index (χ1) is 19.3. The van der Waals surface area contributed by atoms with Crippen molar-refractivity contribution in [3.63, 3.8) is 0 Å². The maximum Gasteiger partial charge on any atom is 0.0702 e. The van der Waals surface area contributed by atoms with Gasteiger partial charge in [0, 0.05) is 23.5 Å². The molecule has 0 fully saturated rings. The van der Waals surface area contributed by atoms with Gasteiger partial charge in [-0.3, -0.25) is 9.97 Å². The average molecular weight is 499 g/mol. The van der Waals surface area contributed by atoms with E-state index in [1.165, 1.54) is 49.4 Å². The molecule has 0 N–H and O–H groups in total. The van der Waals surface area contributed by atoms with Gasteiger partial charge in [-0.05, 0) is 87.1 Å². The Morgan fingerprint density at radius 2 is 0.872 bits per heavy atom. The van der Waals surface area contributed by atoms with Crippen LogP contribution in [0.15, 0.2) is 140 Å². The molecule has 2 heterocycles. The Hall–Kier alpha value is -5.08. The van der Waals surface area contributed by atoms with E-state index in [4.69, 9.17) is 0 Å². The molecule has 0 aliphatic heterocycles. The molecule has 7 rings (SSSR count). The smallest absolute Gasteiger partial charge is 0.0702 e. The first kappa shape index (κ1) is 23.1. The van der Waals surface area contributed by atoms with E-state index in [1.807, 2.05) is 36.7 Å². The normalized spacial score (nSPS) is 11.2. The number of benzene rings is 5. The highest BCUT2D eigenvalue weighted by Gasteiger charge is 2.17. The van der Waals surface area contributed by atoms with E-state index in [0.717, 1.165) is 22.5 Å². The van der Waals surface area contributed by atoms with Crippen LogP contribution in [-0.2, 0) is 0 Å². The largest absolute Gasteiger partial charge is 0.256 e. The van der Waals surface area contributed by atoms with Crippen molar-refractivity contribution in [3.05, 3.63) is 145 Å². The third kappa shape index (κ3) is 4.17. The molecule has 39 heavy (non-hydrogen) atoms. The summed E-state index contributed by atoms with van der Waals surface area (Å²) in [5.74, 6) is 0. The number of hydrogen-bond donors (Lipinski definition) is 0. The van der Waals surface area contributed by atoms with Gasteiger partial charge >= 0.3 is 0 Å². The van der Waals surface area contributed by atoms with Crippen molar-refractivity contribution in [1.82, 2.24) is 9.97 Å². The van der Waals surface area contributed by atoms with Gasteiger partial charge < -0.3 is 0 Å². The third-order valence-electron chi connectivity index (χ3n) is 7.40. The molecular formula is C37H26N2. The highest BCUT2D eigenvalue weighted by Crippen LogP contribution is 2.44. The van der Waals surface area contributed by atoms with Crippen molar-refractivity contribution in [2.45, 2.75) is 6.92 Å². The van der Waals surface area contributed by atoms with Crippen molar-refractivity contribution in [2.75, 3.05) is 0 Å². The Balaban J connectivity index is 1.53. The van der Waals surface area contributed by atoms with Crippen LogP contribution in [0.1, 0.15) is 5.56 Å². The molecule has 0 bridgehead atoms. The lowest BCUT2D eigenvalue weighted by Crippen LogP contribution is -1.92. The Morgan fingerprint density at radius 1 is 0.385 bits per heavy atom. The molecule has 0 spiro atoms. The molecule has 0 aliphatic carbocycles. The molecule has 2 heteroatoms. The molecule has 0 saturated carbocycles. The van der Waals surface area contributed by atoms with E-state index < -0.39 is 0 Å². The summed E-state index contributed by atoms with van der Waals surface area (Å²) in [7, 11) is 0. The lowest BCUT2D eigenvalue weighted by atomic mass is 9.84. The van der Waals surface area contributed by atoms with Crippen molar-refractivity contribution in [1.29, 1.82) is 0 Å². The summed E-state index contributed by atoms with van der Waals surface area (Å²) >= 11 is 0. The predicted octanol–water partition coefficient (Wildman–Crippen LogP) is 9.76. The minimum absolute atomic E-state index is 0.978. The number of rotatable bonds is 4. The van der Waals surface area contributed by atoms with Crippen molar-refractivity contribution in [3.8, 4) is 44.8 Å². The summed E-state index contributed by atoms with van der Waals surface area (Å²) in [6, 6.07) is 45.3. The van der Waals surface area contributed by atoms with Gasteiger partial charge in [0.05, 0.1) is 11.4 Å². The van der Waals surface area contributed by atoms with Crippen LogP contribution >= 0.6 is 0 Å². The number of hydrogen-bond acceptors (Lipinski definition) is 2. The second-order valence-electron chi connectivity index (χ2n) is 9.94. The van der Waals surface area contributed by atoms with Crippen LogP contribution in [0, 0.1) is 6.92 Å². The first-order valence-corrected chi connectivity index (χ1v) is 13.2. The van der Waals surface area contributed by atoms with Crippen LogP contribution in [-0.4, -0.2) is 9.97 Å². The van der Waals surface area contributed by atoms with Crippen LogP contribution in [0.5, 0.6) is 0 Å². The standard InChI is InChI=1S/C37H26N2/c1-25-18-19-32-33(22-25)37(29-13-9-11-27(24-29)35-17-5-7-21-39-35)31-15-3-2-14-30(31)36(32)28-12-8-10-26(23-28)34-16-4-6-20-38-34/h2-24H,1H3. The van der Waals surface area contributed by atoms with E-state index in [2.05, 4.69) is 120 Å². The Morgan fingerprint density at radius 3 is 1.41 bits per heavy atom. The minimum atomic E-state index is 0.978. The SMILES string of the molecule is Cc1ccc2c(-c3cccc(-c4ccccn4)c3)c3ccccc3c(-c3cccc(-c4ccccn4)c3)c2c1. The molecule has 0 amide bonds. The fourth-order valence-corrected chi connectivity index (χ4v) is 5.65. The predicted molar refractivity (Wildman–Crippen MR) is 164 cm³/mol. The van der Waals surface area contributed by atoms with Crippen molar-refractivity contribution in [2.24, 2.45) is 0 Å². The van der Waals surface area contributed by atoms with Crippen LogP contribution in [0.25, 0.3) is 66.3 Å². The monoisotopic (exact) mass is 498 g/mol. The summed E-state index contributed by atoms with van der Waals surface area (Å²) in [5, 5.41) is 4.98. The molecule has 0 saturated heterocycles. The highest BCUT2D eigenvalue weighted by molar-refractivity contribution is 6.21. The highest BCUT2D eigenvalue weighted by atomic mass is 14.7. The maximum atomic E-state index is 4.60.